The van der Waals surface area contributed by atoms with Gasteiger partial charge in [0.05, 0.1) is 10.6 Å². The van der Waals surface area contributed by atoms with Gasteiger partial charge in [-0.2, -0.15) is 0 Å². The molecule has 1 aliphatic carbocycles. The van der Waals surface area contributed by atoms with E-state index in [1.807, 2.05) is 11.8 Å². The lowest BCUT2D eigenvalue weighted by atomic mass is 10.1. The summed E-state index contributed by atoms with van der Waals surface area (Å²) in [5.74, 6) is -0.440. The van der Waals surface area contributed by atoms with E-state index in [4.69, 9.17) is 11.6 Å². The molecule has 1 fully saturated rings. The van der Waals surface area contributed by atoms with Gasteiger partial charge in [0.2, 0.25) is 11.8 Å². The van der Waals surface area contributed by atoms with E-state index in [1.165, 1.54) is 6.07 Å². The number of rotatable bonds is 6. The van der Waals surface area contributed by atoms with Crippen molar-refractivity contribution >= 4 is 44.6 Å². The van der Waals surface area contributed by atoms with E-state index in [2.05, 4.69) is 5.32 Å². The van der Waals surface area contributed by atoms with Crippen LogP contribution in [0.5, 0.6) is 0 Å². The van der Waals surface area contributed by atoms with Crippen molar-refractivity contribution in [2.45, 2.75) is 43.5 Å². The van der Waals surface area contributed by atoms with Crippen LogP contribution in [0.25, 0.3) is 0 Å². The van der Waals surface area contributed by atoms with E-state index in [-0.39, 0.29) is 34.9 Å². The summed E-state index contributed by atoms with van der Waals surface area (Å²) in [6.45, 7) is 1.98. The molecule has 0 saturated heterocycles. The average Bonchev–Trinajstić information content (AvgIpc) is 3.48. The number of fused-ring (bicyclic) bond motifs is 1. The molecule has 2 aromatic rings. The molecule has 0 radical (unpaired) electrons. The second kappa shape index (κ2) is 8.04. The highest BCUT2D eigenvalue weighted by Gasteiger charge is 2.39. The SMILES string of the molecule is CC1Cc2cc(S(=O)(=O)CCC(=O)Nc3cccc(Cl)c3)ccc2N1C(=O)C1CC1. The topological polar surface area (TPSA) is 83.6 Å². The molecule has 1 aliphatic heterocycles. The molecule has 30 heavy (non-hydrogen) atoms. The first-order valence-corrected chi connectivity index (χ1v) is 12.0. The van der Waals surface area contributed by atoms with Crippen molar-refractivity contribution in [3.05, 3.63) is 53.1 Å². The number of sulfone groups is 1. The molecule has 2 aromatic carbocycles. The molecule has 1 atom stereocenters. The Hall–Kier alpha value is -2.38. The molecular weight excluding hydrogens is 424 g/mol. The third-order valence-corrected chi connectivity index (χ3v) is 7.44. The monoisotopic (exact) mass is 446 g/mol. The van der Waals surface area contributed by atoms with Crippen LogP contribution in [0.4, 0.5) is 11.4 Å². The second-order valence-electron chi connectivity index (χ2n) is 7.95. The number of hydrogen-bond acceptors (Lipinski definition) is 4. The molecule has 0 bridgehead atoms. The summed E-state index contributed by atoms with van der Waals surface area (Å²) in [5.41, 5.74) is 2.19. The Kier molecular flexibility index (Phi) is 5.59. The van der Waals surface area contributed by atoms with Crippen LogP contribution >= 0.6 is 11.6 Å². The summed E-state index contributed by atoms with van der Waals surface area (Å²) < 4.78 is 25.6. The lowest BCUT2D eigenvalue weighted by Gasteiger charge is -2.22. The van der Waals surface area contributed by atoms with Gasteiger partial charge in [-0.05, 0) is 68.1 Å². The van der Waals surface area contributed by atoms with Crippen molar-refractivity contribution in [3.63, 3.8) is 0 Å². The number of anilines is 2. The number of benzene rings is 2. The van der Waals surface area contributed by atoms with Crippen LogP contribution in [0.3, 0.4) is 0 Å². The lowest BCUT2D eigenvalue weighted by Crippen LogP contribution is -2.36. The maximum Gasteiger partial charge on any atom is 0.230 e. The van der Waals surface area contributed by atoms with Crippen LogP contribution in [0, 0.1) is 5.92 Å². The Bertz CT molecular complexity index is 1110. The molecule has 8 heteroatoms. The fraction of sp³-hybridized carbons (Fsp3) is 0.364. The largest absolute Gasteiger partial charge is 0.326 e. The van der Waals surface area contributed by atoms with Gasteiger partial charge < -0.3 is 10.2 Å². The Morgan fingerprint density at radius 1 is 1.17 bits per heavy atom. The highest BCUT2D eigenvalue weighted by atomic mass is 35.5. The summed E-state index contributed by atoms with van der Waals surface area (Å²) in [4.78, 5) is 26.7. The Morgan fingerprint density at radius 3 is 2.63 bits per heavy atom. The van der Waals surface area contributed by atoms with Gasteiger partial charge in [0.1, 0.15) is 0 Å². The maximum absolute atomic E-state index is 12.8. The van der Waals surface area contributed by atoms with Gasteiger partial charge in [-0.3, -0.25) is 9.59 Å². The Morgan fingerprint density at radius 2 is 1.93 bits per heavy atom. The highest BCUT2D eigenvalue weighted by Crippen LogP contribution is 2.39. The normalized spacial score (nSPS) is 18.2. The van der Waals surface area contributed by atoms with Gasteiger partial charge in [0, 0.05) is 34.8 Å². The van der Waals surface area contributed by atoms with Crippen molar-refractivity contribution in [1.29, 1.82) is 0 Å². The lowest BCUT2D eigenvalue weighted by molar-refractivity contribution is -0.120. The van der Waals surface area contributed by atoms with Gasteiger partial charge in [-0.15, -0.1) is 0 Å². The summed E-state index contributed by atoms with van der Waals surface area (Å²) >= 11 is 5.89. The Labute approximate surface area is 181 Å². The standard InChI is InChI=1S/C22H23ClN2O4S/c1-14-11-16-12-19(7-8-20(16)25(14)22(27)15-5-6-15)30(28,29)10-9-21(26)24-18-4-2-3-17(23)13-18/h2-4,7-8,12-15H,5-6,9-11H2,1H3,(H,24,26). The van der Waals surface area contributed by atoms with E-state index >= 15 is 0 Å². The fourth-order valence-electron chi connectivity index (χ4n) is 3.80. The van der Waals surface area contributed by atoms with Crippen molar-refractivity contribution in [2.24, 2.45) is 5.92 Å². The molecule has 4 rings (SSSR count). The third-order valence-electron chi connectivity index (χ3n) is 5.50. The first kappa shape index (κ1) is 20.9. The number of amides is 2. The van der Waals surface area contributed by atoms with E-state index < -0.39 is 15.7 Å². The van der Waals surface area contributed by atoms with Crippen molar-refractivity contribution in [2.75, 3.05) is 16.0 Å². The number of nitrogens with one attached hydrogen (secondary N) is 1. The number of halogens is 1. The third kappa shape index (κ3) is 4.37. The van der Waals surface area contributed by atoms with E-state index in [0.29, 0.717) is 17.1 Å². The summed E-state index contributed by atoms with van der Waals surface area (Å²) in [7, 11) is -3.63. The summed E-state index contributed by atoms with van der Waals surface area (Å²) in [6, 6.07) is 11.6. The van der Waals surface area contributed by atoms with Crippen LogP contribution < -0.4 is 10.2 Å². The van der Waals surface area contributed by atoms with Gasteiger partial charge in [0.15, 0.2) is 9.84 Å². The van der Waals surface area contributed by atoms with Crippen LogP contribution in [-0.4, -0.2) is 32.0 Å². The minimum absolute atomic E-state index is 0.0227. The van der Waals surface area contributed by atoms with Crippen LogP contribution in [0.15, 0.2) is 47.4 Å². The van der Waals surface area contributed by atoms with E-state index in [0.717, 1.165) is 24.1 Å². The molecule has 158 valence electrons. The molecule has 1 heterocycles. The number of hydrogen-bond donors (Lipinski definition) is 1. The second-order valence-corrected chi connectivity index (χ2v) is 10.5. The number of carbonyl (C=O) groups is 2. The number of carbonyl (C=O) groups excluding carboxylic acids is 2. The molecular formula is C22H23ClN2O4S. The van der Waals surface area contributed by atoms with Gasteiger partial charge in [-0.1, -0.05) is 17.7 Å². The molecule has 2 amide bonds. The predicted octanol–water partition coefficient (Wildman–Crippen LogP) is 3.83. The van der Waals surface area contributed by atoms with Crippen LogP contribution in [0.1, 0.15) is 31.7 Å². The number of nitrogens with zero attached hydrogens (tertiary/aromatic N) is 1. The molecule has 0 aromatic heterocycles. The predicted molar refractivity (Wildman–Crippen MR) is 117 cm³/mol. The zero-order valence-electron chi connectivity index (χ0n) is 16.6. The highest BCUT2D eigenvalue weighted by molar-refractivity contribution is 7.91. The van der Waals surface area contributed by atoms with E-state index in [1.54, 1.807) is 36.4 Å². The molecule has 0 spiro atoms. The molecule has 1 N–H and O–H groups in total. The van der Waals surface area contributed by atoms with Crippen molar-refractivity contribution < 1.29 is 18.0 Å². The van der Waals surface area contributed by atoms with Crippen molar-refractivity contribution in [1.82, 2.24) is 0 Å². The van der Waals surface area contributed by atoms with Gasteiger partial charge >= 0.3 is 0 Å². The first-order valence-electron chi connectivity index (χ1n) is 9.99. The smallest absolute Gasteiger partial charge is 0.230 e. The maximum atomic E-state index is 12.8. The minimum Gasteiger partial charge on any atom is -0.326 e. The summed E-state index contributed by atoms with van der Waals surface area (Å²) in [5, 5.41) is 3.14. The van der Waals surface area contributed by atoms with Crippen LogP contribution in [0.2, 0.25) is 5.02 Å². The molecule has 1 unspecified atom stereocenters. The molecule has 2 aliphatic rings. The average molecular weight is 447 g/mol. The van der Waals surface area contributed by atoms with Gasteiger partial charge in [0.25, 0.3) is 0 Å². The minimum atomic E-state index is -3.63. The first-order chi connectivity index (χ1) is 14.2. The quantitative estimate of drug-likeness (QED) is 0.730. The van der Waals surface area contributed by atoms with Crippen molar-refractivity contribution in [3.8, 4) is 0 Å². The Balaban J connectivity index is 1.44. The molecule has 6 nitrogen and oxygen atoms in total. The zero-order chi connectivity index (χ0) is 21.5. The fourth-order valence-corrected chi connectivity index (χ4v) is 5.28. The summed E-state index contributed by atoms with van der Waals surface area (Å²) in [6.07, 6.45) is 2.34. The van der Waals surface area contributed by atoms with Crippen LogP contribution in [-0.2, 0) is 25.8 Å². The zero-order valence-corrected chi connectivity index (χ0v) is 18.2. The molecule has 1 saturated carbocycles. The van der Waals surface area contributed by atoms with Gasteiger partial charge in [-0.25, -0.2) is 8.42 Å². The van der Waals surface area contributed by atoms with E-state index in [9.17, 15) is 18.0 Å².